The number of nitrogens with one attached hydrogen (secondary N) is 1. The van der Waals surface area contributed by atoms with Crippen molar-refractivity contribution in [2.45, 2.75) is 47.0 Å². The number of para-hydroxylation sites is 2. The highest BCUT2D eigenvalue weighted by Gasteiger charge is 2.72. The molecule has 0 aliphatic heterocycles. The molecule has 2 bridgehead atoms. The van der Waals surface area contributed by atoms with Crippen molar-refractivity contribution in [1.82, 2.24) is 0 Å². The van der Waals surface area contributed by atoms with E-state index in [1.807, 2.05) is 38.1 Å². The van der Waals surface area contributed by atoms with Gasteiger partial charge in [0.15, 0.2) is 0 Å². The number of ketones is 1. The molecule has 2 aliphatic rings. The van der Waals surface area contributed by atoms with Crippen LogP contribution in [0.3, 0.4) is 0 Å². The summed E-state index contributed by atoms with van der Waals surface area (Å²) in [5.74, 6) is 0.842. The van der Waals surface area contributed by atoms with Crippen molar-refractivity contribution in [2.75, 3.05) is 11.9 Å². The number of hydrogen-bond donors (Lipinski definition) is 1. The summed E-state index contributed by atoms with van der Waals surface area (Å²) < 4.78 is 5.59. The zero-order valence-corrected chi connectivity index (χ0v) is 14.4. The van der Waals surface area contributed by atoms with Crippen LogP contribution in [0.2, 0.25) is 0 Å². The second-order valence-electron chi connectivity index (χ2n) is 7.52. The first-order valence-electron chi connectivity index (χ1n) is 8.35. The number of hydrogen-bond acceptors (Lipinski definition) is 3. The third-order valence-electron chi connectivity index (χ3n) is 6.58. The second kappa shape index (κ2) is 5.08. The van der Waals surface area contributed by atoms with Gasteiger partial charge < -0.3 is 10.1 Å². The number of amides is 1. The fraction of sp³-hybridized carbons (Fsp3) is 0.579. The lowest BCUT2D eigenvalue weighted by Gasteiger charge is -2.38. The van der Waals surface area contributed by atoms with E-state index in [-0.39, 0.29) is 22.5 Å². The molecule has 124 valence electrons. The summed E-state index contributed by atoms with van der Waals surface area (Å²) >= 11 is 0. The highest BCUT2D eigenvalue weighted by atomic mass is 16.5. The molecule has 2 fully saturated rings. The van der Waals surface area contributed by atoms with Crippen LogP contribution in [0.1, 0.15) is 47.0 Å². The van der Waals surface area contributed by atoms with Crippen LogP contribution in [-0.4, -0.2) is 18.3 Å². The topological polar surface area (TPSA) is 55.4 Å². The van der Waals surface area contributed by atoms with E-state index >= 15 is 0 Å². The van der Waals surface area contributed by atoms with Crippen molar-refractivity contribution < 1.29 is 14.3 Å². The molecule has 1 N–H and O–H groups in total. The van der Waals surface area contributed by atoms with Crippen molar-refractivity contribution in [2.24, 2.45) is 16.2 Å². The Labute approximate surface area is 137 Å². The van der Waals surface area contributed by atoms with E-state index in [0.29, 0.717) is 24.5 Å². The predicted octanol–water partition coefficient (Wildman–Crippen LogP) is 3.81. The van der Waals surface area contributed by atoms with Crippen molar-refractivity contribution in [1.29, 1.82) is 0 Å². The maximum Gasteiger partial charge on any atom is 0.231 e. The second-order valence-corrected chi connectivity index (χ2v) is 7.52. The molecule has 4 nitrogen and oxygen atoms in total. The molecule has 0 aromatic heterocycles. The summed E-state index contributed by atoms with van der Waals surface area (Å²) in [7, 11) is 0. The highest BCUT2D eigenvalue weighted by Crippen LogP contribution is 2.70. The van der Waals surface area contributed by atoms with Crippen LogP contribution in [0, 0.1) is 16.2 Å². The van der Waals surface area contributed by atoms with Crippen molar-refractivity contribution in [3.63, 3.8) is 0 Å². The normalized spacial score (nSPS) is 31.2. The summed E-state index contributed by atoms with van der Waals surface area (Å²) in [6.45, 7) is 8.61. The molecule has 2 atom stereocenters. The molecule has 1 amide bonds. The lowest BCUT2D eigenvalue weighted by molar-refractivity contribution is -0.131. The van der Waals surface area contributed by atoms with Gasteiger partial charge in [-0.3, -0.25) is 9.59 Å². The first-order valence-corrected chi connectivity index (χ1v) is 8.35. The quantitative estimate of drug-likeness (QED) is 0.919. The molecule has 0 spiro atoms. The molecule has 0 saturated heterocycles. The maximum atomic E-state index is 13.1. The van der Waals surface area contributed by atoms with Crippen molar-refractivity contribution in [3.05, 3.63) is 24.3 Å². The third kappa shape index (κ3) is 1.97. The minimum Gasteiger partial charge on any atom is -0.492 e. The van der Waals surface area contributed by atoms with Gasteiger partial charge in [0, 0.05) is 11.8 Å². The van der Waals surface area contributed by atoms with Crippen molar-refractivity contribution >= 4 is 17.4 Å². The first kappa shape index (κ1) is 16.0. The molecular formula is C19H25NO3. The van der Waals surface area contributed by atoms with Crippen LogP contribution in [-0.2, 0) is 9.59 Å². The number of anilines is 1. The Balaban J connectivity index is 1.92. The summed E-state index contributed by atoms with van der Waals surface area (Å²) in [5, 5.41) is 3.03. The molecule has 2 aliphatic carbocycles. The molecule has 0 heterocycles. The highest BCUT2D eigenvalue weighted by molar-refractivity contribution is 6.05. The van der Waals surface area contributed by atoms with Gasteiger partial charge in [-0.05, 0) is 37.3 Å². The molecule has 1 aromatic carbocycles. The van der Waals surface area contributed by atoms with Gasteiger partial charge in [-0.15, -0.1) is 0 Å². The van der Waals surface area contributed by atoms with E-state index < -0.39 is 5.41 Å². The monoisotopic (exact) mass is 315 g/mol. The van der Waals surface area contributed by atoms with Crippen LogP contribution in [0.25, 0.3) is 0 Å². The molecule has 4 heteroatoms. The Morgan fingerprint density at radius 1 is 1.22 bits per heavy atom. The van der Waals surface area contributed by atoms with Gasteiger partial charge in [-0.25, -0.2) is 0 Å². The van der Waals surface area contributed by atoms with Crippen LogP contribution < -0.4 is 10.1 Å². The number of fused-ring (bicyclic) bond motifs is 2. The molecule has 23 heavy (non-hydrogen) atoms. The van der Waals surface area contributed by atoms with Gasteiger partial charge in [-0.1, -0.05) is 32.9 Å². The minimum absolute atomic E-state index is 0.0516. The minimum atomic E-state index is -0.613. The third-order valence-corrected chi connectivity index (χ3v) is 6.58. The largest absolute Gasteiger partial charge is 0.492 e. The maximum absolute atomic E-state index is 13.1. The van der Waals surface area contributed by atoms with Gasteiger partial charge in [-0.2, -0.15) is 0 Å². The zero-order chi connectivity index (χ0) is 16.9. The fourth-order valence-electron chi connectivity index (χ4n) is 4.45. The Morgan fingerprint density at radius 3 is 2.48 bits per heavy atom. The first-order chi connectivity index (χ1) is 10.8. The average Bonchev–Trinajstić information content (AvgIpc) is 2.80. The Morgan fingerprint density at radius 2 is 1.91 bits per heavy atom. The van der Waals surface area contributed by atoms with E-state index in [9.17, 15) is 9.59 Å². The number of ether oxygens (including phenoxy) is 1. The number of carbonyl (C=O) groups excluding carboxylic acids is 2. The van der Waals surface area contributed by atoms with Gasteiger partial charge in [0.1, 0.15) is 11.5 Å². The summed E-state index contributed by atoms with van der Waals surface area (Å²) in [4.78, 5) is 25.6. The molecule has 0 unspecified atom stereocenters. The lowest BCUT2D eigenvalue weighted by atomic mass is 9.64. The summed E-state index contributed by atoms with van der Waals surface area (Å²) in [6.07, 6.45) is 1.91. The predicted molar refractivity (Wildman–Crippen MR) is 89.4 cm³/mol. The van der Waals surface area contributed by atoms with Crippen LogP contribution in [0.15, 0.2) is 24.3 Å². The van der Waals surface area contributed by atoms with Crippen LogP contribution >= 0.6 is 0 Å². The zero-order valence-electron chi connectivity index (χ0n) is 14.4. The van der Waals surface area contributed by atoms with Gasteiger partial charge in [0.25, 0.3) is 0 Å². The van der Waals surface area contributed by atoms with E-state index in [4.69, 9.17) is 4.74 Å². The summed E-state index contributed by atoms with van der Waals surface area (Å²) in [5.41, 5.74) is -0.651. The summed E-state index contributed by atoms with van der Waals surface area (Å²) in [6, 6.07) is 7.45. The average molecular weight is 315 g/mol. The van der Waals surface area contributed by atoms with Crippen LogP contribution in [0.5, 0.6) is 5.75 Å². The van der Waals surface area contributed by atoms with E-state index in [1.165, 1.54) is 0 Å². The Hall–Kier alpha value is -1.84. The smallest absolute Gasteiger partial charge is 0.231 e. The molecular weight excluding hydrogens is 290 g/mol. The Kier molecular flexibility index (Phi) is 3.54. The lowest BCUT2D eigenvalue weighted by Crippen LogP contribution is -2.43. The number of rotatable bonds is 4. The Bertz CT molecular complexity index is 666. The number of Topliss-reactive ketones (excluding diaryl/α,β-unsaturated/α-hetero) is 1. The molecule has 0 radical (unpaired) electrons. The van der Waals surface area contributed by atoms with Crippen LogP contribution in [0.4, 0.5) is 5.69 Å². The van der Waals surface area contributed by atoms with Gasteiger partial charge >= 0.3 is 0 Å². The number of carbonyl (C=O) groups is 2. The SMILES string of the molecule is CCOc1ccccc1NC(=O)[C@@]12CC[C@](C)(C(=O)C1)C2(C)C. The van der Waals surface area contributed by atoms with E-state index in [1.54, 1.807) is 0 Å². The molecule has 2 saturated carbocycles. The van der Waals surface area contributed by atoms with Gasteiger partial charge in [0.05, 0.1) is 17.7 Å². The molecule has 3 rings (SSSR count). The fourth-order valence-corrected chi connectivity index (χ4v) is 4.45. The number of benzene rings is 1. The van der Waals surface area contributed by atoms with E-state index in [0.717, 1.165) is 12.8 Å². The van der Waals surface area contributed by atoms with Crippen molar-refractivity contribution in [3.8, 4) is 5.75 Å². The van der Waals surface area contributed by atoms with E-state index in [2.05, 4.69) is 19.2 Å². The van der Waals surface area contributed by atoms with Gasteiger partial charge in [0.2, 0.25) is 5.91 Å². The molecule has 1 aromatic rings. The standard InChI is InChI=1S/C19H25NO3/c1-5-23-14-9-7-6-8-13(14)20-16(22)19-11-10-18(4,15(21)12-19)17(19,2)3/h6-9H,5,10-12H2,1-4H3,(H,20,22)/t18-,19-/m1/s1.